The van der Waals surface area contributed by atoms with E-state index in [9.17, 15) is 0 Å². The van der Waals surface area contributed by atoms with Crippen LogP contribution >= 0.6 is 0 Å². The highest BCUT2D eigenvalue weighted by molar-refractivity contribution is 6.06. The van der Waals surface area contributed by atoms with Gasteiger partial charge in [-0.15, -0.1) is 0 Å². The number of fused-ring (bicyclic) bond motifs is 3. The van der Waals surface area contributed by atoms with Crippen LogP contribution in [0, 0.1) is 6.92 Å². The predicted molar refractivity (Wildman–Crippen MR) is 73.4 cm³/mol. The topological polar surface area (TPSA) is 12.9 Å². The molecule has 17 heavy (non-hydrogen) atoms. The third kappa shape index (κ3) is 1.59. The lowest BCUT2D eigenvalue weighted by atomic mass is 10.0. The first-order valence-corrected chi connectivity index (χ1v) is 6.07. The van der Waals surface area contributed by atoms with E-state index in [0.717, 1.165) is 11.9 Å². The molecule has 0 amide bonds. The second kappa shape index (κ2) is 3.85. The molecular formula is C16H15N. The second-order valence-electron chi connectivity index (χ2n) is 4.46. The van der Waals surface area contributed by atoms with Gasteiger partial charge in [-0.05, 0) is 41.8 Å². The first-order valence-electron chi connectivity index (χ1n) is 6.07. The number of benzene rings is 2. The lowest BCUT2D eigenvalue weighted by Crippen LogP contribution is -1.93. The quantitative estimate of drug-likeness (QED) is 0.559. The van der Waals surface area contributed by atoms with E-state index in [0.29, 0.717) is 0 Å². The van der Waals surface area contributed by atoms with Crippen molar-refractivity contribution in [3.63, 3.8) is 0 Å². The Labute approximate surface area is 101 Å². The summed E-state index contributed by atoms with van der Waals surface area (Å²) in [6, 6.07) is 15.0. The van der Waals surface area contributed by atoms with Gasteiger partial charge in [0.05, 0.1) is 5.52 Å². The zero-order valence-electron chi connectivity index (χ0n) is 10.2. The van der Waals surface area contributed by atoms with Crippen LogP contribution < -0.4 is 0 Å². The summed E-state index contributed by atoms with van der Waals surface area (Å²) in [5.41, 5.74) is 3.59. The molecule has 0 N–H and O–H groups in total. The van der Waals surface area contributed by atoms with Crippen LogP contribution in [0.1, 0.15) is 18.2 Å². The van der Waals surface area contributed by atoms with Crippen molar-refractivity contribution >= 4 is 21.7 Å². The summed E-state index contributed by atoms with van der Waals surface area (Å²) in [4.78, 5) is 4.74. The highest BCUT2D eigenvalue weighted by Gasteiger charge is 2.04. The number of aryl methyl sites for hydroxylation is 2. The molecule has 1 nitrogen and oxygen atoms in total. The van der Waals surface area contributed by atoms with Gasteiger partial charge in [-0.2, -0.15) is 0 Å². The van der Waals surface area contributed by atoms with Crippen molar-refractivity contribution < 1.29 is 0 Å². The molecule has 3 aromatic rings. The molecule has 0 aliphatic carbocycles. The van der Waals surface area contributed by atoms with Gasteiger partial charge in [0, 0.05) is 11.1 Å². The Balaban J connectivity index is 2.46. The molecule has 0 radical (unpaired) electrons. The van der Waals surface area contributed by atoms with Gasteiger partial charge in [0.25, 0.3) is 0 Å². The molecule has 2 aromatic carbocycles. The first-order chi connectivity index (χ1) is 8.29. The minimum atomic E-state index is 0.995. The molecule has 1 aromatic heterocycles. The molecule has 0 aliphatic rings. The van der Waals surface area contributed by atoms with Crippen LogP contribution in [-0.4, -0.2) is 4.98 Å². The van der Waals surface area contributed by atoms with Crippen molar-refractivity contribution in [2.45, 2.75) is 20.3 Å². The maximum absolute atomic E-state index is 4.74. The minimum Gasteiger partial charge on any atom is -0.253 e. The Kier molecular flexibility index (Phi) is 2.32. The van der Waals surface area contributed by atoms with E-state index in [-0.39, 0.29) is 0 Å². The van der Waals surface area contributed by atoms with Crippen molar-refractivity contribution in [2.24, 2.45) is 0 Å². The summed E-state index contributed by atoms with van der Waals surface area (Å²) in [5.74, 6) is 0. The summed E-state index contributed by atoms with van der Waals surface area (Å²) >= 11 is 0. The van der Waals surface area contributed by atoms with E-state index in [1.54, 1.807) is 0 Å². The van der Waals surface area contributed by atoms with Gasteiger partial charge in [0.2, 0.25) is 0 Å². The average molecular weight is 221 g/mol. The van der Waals surface area contributed by atoms with Crippen LogP contribution in [0.4, 0.5) is 0 Å². The smallest absolute Gasteiger partial charge is 0.0711 e. The molecule has 0 saturated carbocycles. The summed E-state index contributed by atoms with van der Waals surface area (Å²) in [6.45, 7) is 4.30. The van der Waals surface area contributed by atoms with E-state index in [1.165, 1.54) is 27.4 Å². The number of aromatic nitrogens is 1. The van der Waals surface area contributed by atoms with Crippen LogP contribution in [0.5, 0.6) is 0 Å². The summed E-state index contributed by atoms with van der Waals surface area (Å²) in [5, 5.41) is 3.84. The van der Waals surface area contributed by atoms with Gasteiger partial charge in [-0.25, -0.2) is 0 Å². The van der Waals surface area contributed by atoms with Crippen LogP contribution in [0.2, 0.25) is 0 Å². The normalized spacial score (nSPS) is 11.2. The van der Waals surface area contributed by atoms with E-state index in [4.69, 9.17) is 4.98 Å². The fourth-order valence-corrected chi connectivity index (χ4v) is 2.42. The molecule has 0 bridgehead atoms. The summed E-state index contributed by atoms with van der Waals surface area (Å²) in [6.07, 6.45) is 0.995. The second-order valence-corrected chi connectivity index (χ2v) is 4.46. The van der Waals surface area contributed by atoms with Gasteiger partial charge in [0.15, 0.2) is 0 Å². The zero-order valence-corrected chi connectivity index (χ0v) is 10.2. The standard InChI is InChI=1S/C16H15N/c1-3-15-11(2)10-14-13-7-5-4-6-12(13)8-9-16(14)17-15/h4-10H,3H2,1-2H3. The highest BCUT2D eigenvalue weighted by atomic mass is 14.7. The SMILES string of the molecule is CCc1nc2ccc3ccccc3c2cc1C. The van der Waals surface area contributed by atoms with E-state index >= 15 is 0 Å². The van der Waals surface area contributed by atoms with Gasteiger partial charge in [-0.1, -0.05) is 37.3 Å². The average Bonchev–Trinajstić information content (AvgIpc) is 2.38. The third-order valence-corrected chi connectivity index (χ3v) is 3.35. The molecule has 0 atom stereocenters. The van der Waals surface area contributed by atoms with Crippen LogP contribution in [-0.2, 0) is 6.42 Å². The van der Waals surface area contributed by atoms with Crippen LogP contribution in [0.15, 0.2) is 42.5 Å². The van der Waals surface area contributed by atoms with Crippen LogP contribution in [0.25, 0.3) is 21.7 Å². The highest BCUT2D eigenvalue weighted by Crippen LogP contribution is 2.25. The fourth-order valence-electron chi connectivity index (χ4n) is 2.42. The fraction of sp³-hybridized carbons (Fsp3) is 0.188. The first kappa shape index (κ1) is 10.3. The number of rotatable bonds is 1. The Morgan fingerprint density at radius 3 is 2.65 bits per heavy atom. The van der Waals surface area contributed by atoms with Crippen LogP contribution in [0.3, 0.4) is 0 Å². The lowest BCUT2D eigenvalue weighted by molar-refractivity contribution is 1.03. The van der Waals surface area contributed by atoms with Gasteiger partial charge >= 0.3 is 0 Å². The van der Waals surface area contributed by atoms with Crippen molar-refractivity contribution in [3.05, 3.63) is 53.7 Å². The molecule has 3 rings (SSSR count). The Hall–Kier alpha value is -1.89. The maximum atomic E-state index is 4.74. The summed E-state index contributed by atoms with van der Waals surface area (Å²) in [7, 11) is 0. The molecule has 0 fully saturated rings. The van der Waals surface area contributed by atoms with Crippen molar-refractivity contribution in [3.8, 4) is 0 Å². The lowest BCUT2D eigenvalue weighted by Gasteiger charge is -2.07. The maximum Gasteiger partial charge on any atom is 0.0711 e. The van der Waals surface area contributed by atoms with E-state index in [1.807, 2.05) is 0 Å². The number of nitrogens with zero attached hydrogens (tertiary/aromatic N) is 1. The molecule has 1 heteroatoms. The molecule has 0 saturated heterocycles. The predicted octanol–water partition coefficient (Wildman–Crippen LogP) is 4.26. The molecular weight excluding hydrogens is 206 g/mol. The van der Waals surface area contributed by atoms with E-state index < -0.39 is 0 Å². The Bertz CT molecular complexity index is 698. The molecule has 0 unspecified atom stereocenters. The number of pyridine rings is 1. The molecule has 0 spiro atoms. The summed E-state index contributed by atoms with van der Waals surface area (Å²) < 4.78 is 0. The molecule has 84 valence electrons. The van der Waals surface area contributed by atoms with Crippen molar-refractivity contribution in [2.75, 3.05) is 0 Å². The third-order valence-electron chi connectivity index (χ3n) is 3.35. The van der Waals surface area contributed by atoms with Gasteiger partial charge in [0.1, 0.15) is 0 Å². The minimum absolute atomic E-state index is 0.995. The Morgan fingerprint density at radius 1 is 1.00 bits per heavy atom. The molecule has 0 aliphatic heterocycles. The number of hydrogen-bond donors (Lipinski definition) is 0. The zero-order chi connectivity index (χ0) is 11.8. The monoisotopic (exact) mass is 221 g/mol. The Morgan fingerprint density at radius 2 is 1.82 bits per heavy atom. The van der Waals surface area contributed by atoms with E-state index in [2.05, 4.69) is 56.3 Å². The largest absolute Gasteiger partial charge is 0.253 e. The number of hydrogen-bond acceptors (Lipinski definition) is 1. The molecule has 1 heterocycles. The van der Waals surface area contributed by atoms with Crippen molar-refractivity contribution in [1.82, 2.24) is 4.98 Å². The van der Waals surface area contributed by atoms with Gasteiger partial charge in [-0.3, -0.25) is 4.98 Å². The van der Waals surface area contributed by atoms with Gasteiger partial charge < -0.3 is 0 Å². The van der Waals surface area contributed by atoms with Crippen molar-refractivity contribution in [1.29, 1.82) is 0 Å².